The highest BCUT2D eigenvalue weighted by Crippen LogP contribution is 2.36. The van der Waals surface area contributed by atoms with Gasteiger partial charge in [0.15, 0.2) is 17.3 Å². The summed E-state index contributed by atoms with van der Waals surface area (Å²) in [6.07, 6.45) is 0. The number of carbonyl (C=O) groups is 1. The molecule has 1 aliphatic heterocycles. The Kier molecular flexibility index (Phi) is 6.64. The maximum Gasteiger partial charge on any atom is 0.336 e. The quantitative estimate of drug-likeness (QED) is 0.205. The van der Waals surface area contributed by atoms with Crippen LogP contribution in [0.15, 0.2) is 66.7 Å². The highest BCUT2D eigenvalue weighted by atomic mass is 16.7. The number of hydrogen-bond acceptors (Lipinski definition) is 9. The molecule has 1 N–H and O–H groups in total. The molecule has 0 bridgehead atoms. The van der Waals surface area contributed by atoms with Crippen molar-refractivity contribution in [2.45, 2.75) is 0 Å². The molecule has 12 nitrogen and oxygen atoms in total. The van der Waals surface area contributed by atoms with Gasteiger partial charge in [-0.05, 0) is 48.5 Å². The number of hydrogen-bond donors (Lipinski definition) is 1. The molecule has 1 amide bonds. The molecule has 1 aliphatic rings. The number of methoxy groups -OCH3 is 1. The van der Waals surface area contributed by atoms with E-state index in [0.717, 1.165) is 5.56 Å². The third-order valence-electron chi connectivity index (χ3n) is 5.43. The summed E-state index contributed by atoms with van der Waals surface area (Å²) in [6.45, 7) is 0.816. The number of ether oxygens (including phenoxy) is 4. The molecule has 0 radical (unpaired) electrons. The molecule has 0 unspecified atom stereocenters. The minimum Gasteiger partial charge on any atom is -0.460 e. The lowest BCUT2D eigenvalue weighted by Gasteiger charge is -2.09. The van der Waals surface area contributed by atoms with Crippen LogP contribution in [0.1, 0.15) is 10.4 Å². The fourth-order valence-corrected chi connectivity index (χ4v) is 3.62. The number of rotatable bonds is 9. The number of amides is 1. The minimum absolute atomic E-state index is 0.153. The molecule has 0 spiro atoms. The van der Waals surface area contributed by atoms with E-state index < -0.39 is 10.8 Å². The van der Waals surface area contributed by atoms with Crippen LogP contribution in [0.3, 0.4) is 0 Å². The molecular weight excluding hydrogens is 482 g/mol. The molecule has 12 heteroatoms. The molecule has 37 heavy (non-hydrogen) atoms. The van der Waals surface area contributed by atoms with E-state index in [1.54, 1.807) is 42.1 Å². The molecule has 5 rings (SSSR count). The normalized spacial score (nSPS) is 11.8. The first kappa shape index (κ1) is 23.8. The van der Waals surface area contributed by atoms with Gasteiger partial charge in [0.1, 0.15) is 6.61 Å². The van der Waals surface area contributed by atoms with E-state index in [0.29, 0.717) is 35.3 Å². The zero-order chi connectivity index (χ0) is 25.8. The van der Waals surface area contributed by atoms with Crippen molar-refractivity contribution in [1.29, 1.82) is 0 Å². The number of anilines is 1. The number of aromatic nitrogens is 3. The van der Waals surface area contributed by atoms with Crippen LogP contribution >= 0.6 is 0 Å². The largest absolute Gasteiger partial charge is 0.460 e. The van der Waals surface area contributed by atoms with Crippen LogP contribution in [0.2, 0.25) is 0 Å². The van der Waals surface area contributed by atoms with Crippen LogP contribution in [0, 0.1) is 10.1 Å². The summed E-state index contributed by atoms with van der Waals surface area (Å²) in [5.41, 5.74) is 1.92. The van der Waals surface area contributed by atoms with Crippen LogP contribution in [0.5, 0.6) is 17.5 Å². The zero-order valence-corrected chi connectivity index (χ0v) is 19.6. The molecule has 188 valence electrons. The van der Waals surface area contributed by atoms with Crippen molar-refractivity contribution in [1.82, 2.24) is 14.8 Å². The number of nitro groups is 1. The van der Waals surface area contributed by atoms with Gasteiger partial charge in [-0.25, -0.2) is 4.68 Å². The fourth-order valence-electron chi connectivity index (χ4n) is 3.62. The molecule has 0 saturated carbocycles. The molecule has 3 aromatic carbocycles. The molecular formula is C25H21N5O7. The number of carbonyl (C=O) groups excluding carboxylic acids is 1. The van der Waals surface area contributed by atoms with Gasteiger partial charge in [-0.15, -0.1) is 5.10 Å². The van der Waals surface area contributed by atoms with Crippen LogP contribution in [0.4, 0.5) is 11.4 Å². The van der Waals surface area contributed by atoms with E-state index in [-0.39, 0.29) is 30.7 Å². The summed E-state index contributed by atoms with van der Waals surface area (Å²) in [7, 11) is 1.58. The summed E-state index contributed by atoms with van der Waals surface area (Å²) in [6, 6.07) is 18.1. The number of fused-ring (bicyclic) bond motifs is 1. The van der Waals surface area contributed by atoms with Gasteiger partial charge in [0.2, 0.25) is 6.79 Å². The van der Waals surface area contributed by atoms with Gasteiger partial charge in [-0.3, -0.25) is 14.9 Å². The second-order valence-electron chi connectivity index (χ2n) is 7.85. The summed E-state index contributed by atoms with van der Waals surface area (Å²) in [4.78, 5) is 27.6. The zero-order valence-electron chi connectivity index (χ0n) is 19.6. The van der Waals surface area contributed by atoms with Crippen LogP contribution in [-0.2, 0) is 4.74 Å². The summed E-state index contributed by atoms with van der Waals surface area (Å²) >= 11 is 0. The van der Waals surface area contributed by atoms with Crippen LogP contribution in [-0.4, -0.2) is 52.7 Å². The number of non-ortho nitro benzene ring substituents is 1. The average molecular weight is 503 g/mol. The Labute approximate surface area is 210 Å². The third-order valence-corrected chi connectivity index (χ3v) is 5.43. The molecule has 0 fully saturated rings. The monoisotopic (exact) mass is 503 g/mol. The lowest BCUT2D eigenvalue weighted by Crippen LogP contribution is -2.12. The van der Waals surface area contributed by atoms with E-state index in [9.17, 15) is 14.9 Å². The molecule has 4 aromatic rings. The highest BCUT2D eigenvalue weighted by molar-refractivity contribution is 6.04. The predicted molar refractivity (Wildman–Crippen MR) is 131 cm³/mol. The Balaban J connectivity index is 1.40. The van der Waals surface area contributed by atoms with Gasteiger partial charge in [0, 0.05) is 36.1 Å². The van der Waals surface area contributed by atoms with Gasteiger partial charge in [-0.1, -0.05) is 6.07 Å². The number of benzene rings is 3. The summed E-state index contributed by atoms with van der Waals surface area (Å²) in [5.74, 6) is 1.30. The van der Waals surface area contributed by atoms with E-state index in [2.05, 4.69) is 15.4 Å². The van der Waals surface area contributed by atoms with Gasteiger partial charge in [0.25, 0.3) is 11.6 Å². The van der Waals surface area contributed by atoms with Crippen molar-refractivity contribution in [3.63, 3.8) is 0 Å². The Morgan fingerprint density at radius 3 is 2.68 bits per heavy atom. The highest BCUT2D eigenvalue weighted by Gasteiger charge is 2.20. The Morgan fingerprint density at radius 1 is 1.08 bits per heavy atom. The standard InChI is InChI=1S/C25H21N5O7/c1-34-11-12-35-25-27-23(16-5-10-21-22(14-16)37-15-36-21)29(28-25)19-8-6-18(7-9-19)26-24(31)17-3-2-4-20(13-17)30(32)33/h2-10,13-14H,11-12,15H2,1H3,(H,26,31). The maximum absolute atomic E-state index is 12.6. The Hall–Kier alpha value is -4.97. The van der Waals surface area contributed by atoms with E-state index in [4.69, 9.17) is 18.9 Å². The molecule has 0 aliphatic carbocycles. The van der Waals surface area contributed by atoms with E-state index in [1.807, 2.05) is 12.1 Å². The van der Waals surface area contributed by atoms with Gasteiger partial charge in [-0.2, -0.15) is 4.98 Å². The second kappa shape index (κ2) is 10.3. The van der Waals surface area contributed by atoms with Crippen molar-refractivity contribution < 1.29 is 28.7 Å². The topological polar surface area (TPSA) is 140 Å². The third kappa shape index (κ3) is 5.18. The van der Waals surface area contributed by atoms with E-state index >= 15 is 0 Å². The first-order valence-electron chi connectivity index (χ1n) is 11.2. The van der Waals surface area contributed by atoms with Crippen molar-refractivity contribution >= 4 is 17.3 Å². The Bertz CT molecular complexity index is 1450. The van der Waals surface area contributed by atoms with Crippen molar-refractivity contribution in [3.05, 3.63) is 82.4 Å². The lowest BCUT2D eigenvalue weighted by molar-refractivity contribution is -0.384. The molecule has 0 saturated heterocycles. The average Bonchev–Trinajstić information content (AvgIpc) is 3.56. The smallest absolute Gasteiger partial charge is 0.336 e. The SMILES string of the molecule is COCCOc1nc(-c2ccc3c(c2)OCO3)n(-c2ccc(NC(=O)c3cccc([N+](=O)[O-])c3)cc2)n1. The maximum atomic E-state index is 12.6. The van der Waals surface area contributed by atoms with E-state index in [1.165, 1.54) is 24.3 Å². The first-order valence-corrected chi connectivity index (χ1v) is 11.2. The second-order valence-corrected chi connectivity index (χ2v) is 7.85. The number of nitrogens with one attached hydrogen (secondary N) is 1. The first-order chi connectivity index (χ1) is 18.0. The Morgan fingerprint density at radius 2 is 1.89 bits per heavy atom. The predicted octanol–water partition coefficient (Wildman–Crippen LogP) is 3.85. The van der Waals surface area contributed by atoms with Gasteiger partial charge in [0.05, 0.1) is 17.2 Å². The summed E-state index contributed by atoms with van der Waals surface area (Å²) < 4.78 is 23.2. The fraction of sp³-hybridized carbons (Fsp3) is 0.160. The number of nitro benzene ring substituents is 1. The van der Waals surface area contributed by atoms with Crippen molar-refractivity contribution in [2.75, 3.05) is 32.4 Å². The lowest BCUT2D eigenvalue weighted by atomic mass is 10.1. The molecule has 0 atom stereocenters. The van der Waals surface area contributed by atoms with Gasteiger partial charge >= 0.3 is 6.01 Å². The van der Waals surface area contributed by atoms with Crippen LogP contribution in [0.25, 0.3) is 17.1 Å². The molecule has 1 aromatic heterocycles. The van der Waals surface area contributed by atoms with Crippen molar-refractivity contribution in [2.24, 2.45) is 0 Å². The minimum atomic E-state index is -0.547. The van der Waals surface area contributed by atoms with Gasteiger partial charge < -0.3 is 24.3 Å². The molecule has 2 heterocycles. The van der Waals surface area contributed by atoms with Crippen molar-refractivity contribution in [3.8, 4) is 34.6 Å². The summed E-state index contributed by atoms with van der Waals surface area (Å²) in [5, 5.41) is 18.2. The number of nitrogens with zero attached hydrogens (tertiary/aromatic N) is 4. The van der Waals surface area contributed by atoms with Crippen LogP contribution < -0.4 is 19.5 Å².